The minimum absolute atomic E-state index is 0.00956. The maximum Gasteiger partial charge on any atom is 0.277 e. The number of para-hydroxylation sites is 2. The molecule has 1 heterocycles. The largest absolute Gasteiger partial charge is 0.489 e. The van der Waals surface area contributed by atoms with Crippen molar-refractivity contribution >= 4 is 17.5 Å². The van der Waals surface area contributed by atoms with E-state index in [9.17, 15) is 9.59 Å². The summed E-state index contributed by atoms with van der Waals surface area (Å²) in [5.41, 5.74) is 0.805. The van der Waals surface area contributed by atoms with E-state index in [1.807, 2.05) is 32.0 Å². The van der Waals surface area contributed by atoms with Crippen LogP contribution in [0.25, 0.3) is 0 Å². The predicted octanol–water partition coefficient (Wildman–Crippen LogP) is 1.52. The van der Waals surface area contributed by atoms with Gasteiger partial charge in [0.05, 0.1) is 24.9 Å². The zero-order valence-corrected chi connectivity index (χ0v) is 12.7. The summed E-state index contributed by atoms with van der Waals surface area (Å²) in [5, 5.41) is 11.8. The Morgan fingerprint density at radius 2 is 2.05 bits per heavy atom. The molecule has 0 saturated heterocycles. The fourth-order valence-corrected chi connectivity index (χ4v) is 2.03. The van der Waals surface area contributed by atoms with Crippen molar-refractivity contribution in [1.82, 2.24) is 4.90 Å². The van der Waals surface area contributed by atoms with Crippen LogP contribution < -0.4 is 10.1 Å². The van der Waals surface area contributed by atoms with Crippen LogP contribution in [0.1, 0.15) is 20.3 Å². The number of aliphatic hydroxyl groups excluding tert-OH is 1. The van der Waals surface area contributed by atoms with E-state index >= 15 is 0 Å². The molecule has 1 aliphatic rings. The normalized spacial score (nSPS) is 15.8. The lowest BCUT2D eigenvalue weighted by atomic mass is 10.2. The van der Waals surface area contributed by atoms with E-state index in [1.165, 1.54) is 6.08 Å². The number of hydrogen-bond acceptors (Lipinski definition) is 5. The molecule has 0 radical (unpaired) electrons. The van der Waals surface area contributed by atoms with Crippen molar-refractivity contribution in [2.24, 2.45) is 0 Å². The third kappa shape index (κ3) is 3.46. The van der Waals surface area contributed by atoms with Crippen molar-refractivity contribution in [3.63, 3.8) is 0 Å². The van der Waals surface area contributed by atoms with Crippen LogP contribution in [0.3, 0.4) is 0 Å². The number of hydrogen-bond donors (Lipinski definition) is 2. The Balaban J connectivity index is 2.16. The zero-order chi connectivity index (χ0) is 16.1. The first-order valence-electron chi connectivity index (χ1n) is 7.28. The molecule has 0 aliphatic carbocycles. The van der Waals surface area contributed by atoms with E-state index in [4.69, 9.17) is 9.84 Å². The Morgan fingerprint density at radius 1 is 1.32 bits per heavy atom. The molecule has 0 aromatic heterocycles. The summed E-state index contributed by atoms with van der Waals surface area (Å²) in [6.07, 6.45) is 2.14. The molecule has 6 heteroatoms. The Hall–Kier alpha value is -2.34. The first kappa shape index (κ1) is 16.0. The standard InChI is InChI=1S/C16H20N2O4/c1-3-11(2)22-14-7-5-4-6-12(14)17-13-10-15(20)18(8-9-19)16(13)21/h4-7,10-11,17,19H,3,8-9H2,1-2H3. The van der Waals surface area contributed by atoms with E-state index in [1.54, 1.807) is 6.07 Å². The molecular formula is C16H20N2O4. The van der Waals surface area contributed by atoms with Gasteiger partial charge in [-0.15, -0.1) is 0 Å². The Morgan fingerprint density at radius 3 is 2.73 bits per heavy atom. The quantitative estimate of drug-likeness (QED) is 0.747. The van der Waals surface area contributed by atoms with E-state index in [0.717, 1.165) is 11.3 Å². The molecule has 1 aromatic carbocycles. The van der Waals surface area contributed by atoms with Gasteiger partial charge < -0.3 is 15.2 Å². The van der Waals surface area contributed by atoms with Crippen LogP contribution in [-0.4, -0.2) is 41.1 Å². The molecule has 118 valence electrons. The Labute approximate surface area is 129 Å². The average Bonchev–Trinajstić information content (AvgIpc) is 2.77. The maximum absolute atomic E-state index is 12.1. The first-order chi connectivity index (χ1) is 10.6. The monoisotopic (exact) mass is 304 g/mol. The lowest BCUT2D eigenvalue weighted by Gasteiger charge is -2.18. The van der Waals surface area contributed by atoms with Crippen LogP contribution in [0.2, 0.25) is 0 Å². The van der Waals surface area contributed by atoms with Gasteiger partial charge in [-0.05, 0) is 25.5 Å². The first-order valence-corrected chi connectivity index (χ1v) is 7.28. The van der Waals surface area contributed by atoms with Crippen molar-refractivity contribution < 1.29 is 19.4 Å². The summed E-state index contributed by atoms with van der Waals surface area (Å²) >= 11 is 0. The summed E-state index contributed by atoms with van der Waals surface area (Å²) < 4.78 is 5.80. The molecule has 2 rings (SSSR count). The fraction of sp³-hybridized carbons (Fsp3) is 0.375. The molecule has 1 atom stereocenters. The van der Waals surface area contributed by atoms with Crippen molar-refractivity contribution in [3.8, 4) is 5.75 Å². The van der Waals surface area contributed by atoms with Gasteiger partial charge in [0.2, 0.25) is 0 Å². The van der Waals surface area contributed by atoms with Gasteiger partial charge >= 0.3 is 0 Å². The number of imide groups is 1. The van der Waals surface area contributed by atoms with E-state index in [0.29, 0.717) is 11.4 Å². The van der Waals surface area contributed by atoms with Gasteiger partial charge in [-0.3, -0.25) is 14.5 Å². The summed E-state index contributed by atoms with van der Waals surface area (Å²) in [6, 6.07) is 7.25. The second-order valence-electron chi connectivity index (χ2n) is 5.03. The van der Waals surface area contributed by atoms with Gasteiger partial charge in [0, 0.05) is 6.08 Å². The minimum atomic E-state index is -0.447. The second-order valence-corrected chi connectivity index (χ2v) is 5.03. The highest BCUT2D eigenvalue weighted by Crippen LogP contribution is 2.28. The number of nitrogens with zero attached hydrogens (tertiary/aromatic N) is 1. The molecule has 0 spiro atoms. The Kier molecular flexibility index (Phi) is 5.16. The molecule has 1 aromatic rings. The third-order valence-corrected chi connectivity index (χ3v) is 3.39. The van der Waals surface area contributed by atoms with Crippen LogP contribution >= 0.6 is 0 Å². The molecule has 2 amide bonds. The van der Waals surface area contributed by atoms with Crippen LogP contribution in [0.15, 0.2) is 36.0 Å². The molecule has 1 aliphatic heterocycles. The van der Waals surface area contributed by atoms with Crippen molar-refractivity contribution in [3.05, 3.63) is 36.0 Å². The number of rotatable bonds is 7. The summed E-state index contributed by atoms with van der Waals surface area (Å²) in [7, 11) is 0. The lowest BCUT2D eigenvalue weighted by Crippen LogP contribution is -2.34. The SMILES string of the molecule is CCC(C)Oc1ccccc1NC1=CC(=O)N(CCO)C1=O. The van der Waals surface area contributed by atoms with Crippen LogP contribution in [0.4, 0.5) is 5.69 Å². The fourth-order valence-electron chi connectivity index (χ4n) is 2.03. The number of benzene rings is 1. The highest BCUT2D eigenvalue weighted by atomic mass is 16.5. The maximum atomic E-state index is 12.1. The second kappa shape index (κ2) is 7.09. The summed E-state index contributed by atoms with van der Waals surface area (Å²) in [4.78, 5) is 24.9. The van der Waals surface area contributed by atoms with Crippen molar-refractivity contribution in [2.75, 3.05) is 18.5 Å². The molecule has 22 heavy (non-hydrogen) atoms. The molecular weight excluding hydrogens is 284 g/mol. The third-order valence-electron chi connectivity index (χ3n) is 3.39. The van der Waals surface area contributed by atoms with Gasteiger partial charge in [0.15, 0.2) is 0 Å². The molecule has 0 bridgehead atoms. The van der Waals surface area contributed by atoms with Crippen LogP contribution in [0.5, 0.6) is 5.75 Å². The van der Waals surface area contributed by atoms with E-state index in [-0.39, 0.29) is 25.0 Å². The van der Waals surface area contributed by atoms with Crippen LogP contribution in [-0.2, 0) is 9.59 Å². The number of amides is 2. The van der Waals surface area contributed by atoms with Crippen molar-refractivity contribution in [1.29, 1.82) is 0 Å². The summed E-state index contributed by atoms with van der Waals surface area (Å²) in [5.74, 6) is -0.252. The van der Waals surface area contributed by atoms with Gasteiger partial charge in [0.25, 0.3) is 11.8 Å². The molecule has 6 nitrogen and oxygen atoms in total. The zero-order valence-electron chi connectivity index (χ0n) is 12.7. The number of carbonyl (C=O) groups is 2. The highest BCUT2D eigenvalue weighted by Gasteiger charge is 2.31. The van der Waals surface area contributed by atoms with Gasteiger partial charge in [-0.1, -0.05) is 19.1 Å². The number of nitrogens with one attached hydrogen (secondary N) is 1. The van der Waals surface area contributed by atoms with Gasteiger partial charge in [-0.25, -0.2) is 0 Å². The van der Waals surface area contributed by atoms with E-state index < -0.39 is 11.8 Å². The topological polar surface area (TPSA) is 78.9 Å². The number of anilines is 1. The molecule has 0 saturated carbocycles. The number of ether oxygens (including phenoxy) is 1. The number of carbonyl (C=O) groups excluding carboxylic acids is 2. The lowest BCUT2D eigenvalue weighted by molar-refractivity contribution is -0.137. The minimum Gasteiger partial charge on any atom is -0.489 e. The summed E-state index contributed by atoms with van der Waals surface area (Å²) in [6.45, 7) is 3.72. The van der Waals surface area contributed by atoms with Gasteiger partial charge in [0.1, 0.15) is 11.4 Å². The molecule has 1 unspecified atom stereocenters. The average molecular weight is 304 g/mol. The Bertz CT molecular complexity index is 598. The van der Waals surface area contributed by atoms with Crippen LogP contribution in [0, 0.1) is 0 Å². The molecule has 2 N–H and O–H groups in total. The number of β-amino-alcohol motifs (C(OH)–C–C–N with tert-alkyl or cyclic N) is 1. The highest BCUT2D eigenvalue weighted by molar-refractivity contribution is 6.17. The number of aliphatic hydroxyl groups is 1. The predicted molar refractivity (Wildman–Crippen MR) is 82.3 cm³/mol. The van der Waals surface area contributed by atoms with E-state index in [2.05, 4.69) is 5.32 Å². The smallest absolute Gasteiger partial charge is 0.277 e. The molecule has 0 fully saturated rings. The van der Waals surface area contributed by atoms with Gasteiger partial charge in [-0.2, -0.15) is 0 Å². The van der Waals surface area contributed by atoms with Crippen molar-refractivity contribution in [2.45, 2.75) is 26.4 Å².